The molecule has 2 unspecified atom stereocenters. The zero-order chi connectivity index (χ0) is 80.2. The van der Waals surface area contributed by atoms with E-state index in [1.807, 2.05) is 87.5 Å². The maximum Gasteiger partial charge on any atom is 0.407 e. The lowest BCUT2D eigenvalue weighted by Crippen LogP contribution is -2.49. The number of aromatic nitrogens is 8. The van der Waals surface area contributed by atoms with Gasteiger partial charge >= 0.3 is 18.2 Å². The third kappa shape index (κ3) is 22.9. The summed E-state index contributed by atoms with van der Waals surface area (Å²) in [5.41, 5.74) is 19.9. The lowest BCUT2D eigenvalue weighted by Gasteiger charge is -2.38. The number of hydrogen-bond acceptors (Lipinski definition) is 15. The van der Waals surface area contributed by atoms with Crippen LogP contribution >= 0.6 is 12.4 Å². The predicted octanol–water partition coefficient (Wildman–Crippen LogP) is 15.6. The van der Waals surface area contributed by atoms with Gasteiger partial charge in [-0.05, 0) is 263 Å². The van der Waals surface area contributed by atoms with Crippen molar-refractivity contribution in [2.75, 3.05) is 10.6 Å². The Balaban J connectivity index is 0.000000204. The number of halogens is 3. The van der Waals surface area contributed by atoms with E-state index in [4.69, 9.17) is 20.9 Å². The molecule has 2 saturated carbocycles. The van der Waals surface area contributed by atoms with Gasteiger partial charge in [-0.25, -0.2) is 46.1 Å². The van der Waals surface area contributed by atoms with Gasteiger partial charge in [0.25, 0.3) is 11.8 Å². The lowest BCUT2D eigenvalue weighted by atomic mass is 9.79. The number of carbonyl (C=O) groups is 5. The highest BCUT2D eigenvalue weighted by Crippen LogP contribution is 2.44. The summed E-state index contributed by atoms with van der Waals surface area (Å²) in [6.07, 6.45) is 13.7. The van der Waals surface area contributed by atoms with Crippen LogP contribution in [-0.2, 0) is 51.2 Å². The van der Waals surface area contributed by atoms with Gasteiger partial charge in [0, 0.05) is 44.4 Å². The number of alkyl carbamates (subject to hydrolysis) is 2. The van der Waals surface area contributed by atoms with E-state index in [0.29, 0.717) is 76.6 Å². The van der Waals surface area contributed by atoms with Gasteiger partial charge in [0.2, 0.25) is 0 Å². The van der Waals surface area contributed by atoms with Crippen molar-refractivity contribution in [1.82, 2.24) is 54.7 Å². The molecule has 4 amide bonds. The van der Waals surface area contributed by atoms with Gasteiger partial charge < -0.3 is 47.3 Å². The van der Waals surface area contributed by atoms with Gasteiger partial charge in [0.05, 0.1) is 72.3 Å². The molecule has 10 aromatic rings. The first-order valence-electron chi connectivity index (χ1n) is 36.9. The molecule has 0 saturated heterocycles. The van der Waals surface area contributed by atoms with Crippen LogP contribution in [0.25, 0.3) is 17.1 Å². The van der Waals surface area contributed by atoms with Crippen LogP contribution in [0.5, 0.6) is 0 Å². The summed E-state index contributed by atoms with van der Waals surface area (Å²) in [6.45, 7) is 22.6. The normalized spacial score (nSPS) is 14.1. The standard InChI is InChI=1S/C38H47FN6O4S.C29H31FN6O.C17H21N3O4.ClH/c1-25-21-33(45(43-25)30-10-8-9-27(22-30)24-41-35(47)49-36(2,3)4)34(46)42-32-23-29(13-14-31(32)39)38(18-15-26-11-12-26,28-16-19-40-20-17-28)44-50(48)37(5,6)7;1-19-15-27(36(35-19)24-4-2-3-21(16-24)18-31)28(37)34-26-17-23(7-8-25(26)30)29(32,12-9-20-5-6-20)22-10-13-33-14-11-22;1-11-8-14(15(21)22)20(19-11)13-7-5-6-12(9-13)10-18-16(23)24-17(2,3)4;/h8-10,13-14,16-17,19-23,26,44H,11-12,15,18,24H2,1-7H3,(H,41,47)(H,42,46);2-4,7-8,10-11,13-17,20H,5-6,9,12,18,31-32H2,1H3,(H,34,37);5-9H,10H2,1-4H3,(H,18,23)(H,21,22);1H/t38?,50-;;;/m1.../s1. The van der Waals surface area contributed by atoms with E-state index in [2.05, 4.69) is 51.3 Å². The molecule has 5 aromatic heterocycles. The molecule has 28 heteroatoms. The molecule has 592 valence electrons. The summed E-state index contributed by atoms with van der Waals surface area (Å²) in [7, 11) is -1.48. The second-order valence-electron chi connectivity index (χ2n) is 31.1. The molecule has 0 bridgehead atoms. The van der Waals surface area contributed by atoms with Crippen molar-refractivity contribution >= 4 is 64.7 Å². The Hall–Kier alpha value is -10.8. The Bertz CT molecular complexity index is 4990. The zero-order valence-electron chi connectivity index (χ0n) is 65.2. The molecule has 3 atom stereocenters. The Kier molecular flexibility index (Phi) is 27.8. The molecule has 112 heavy (non-hydrogen) atoms. The number of benzene rings is 5. The van der Waals surface area contributed by atoms with E-state index in [0.717, 1.165) is 59.1 Å². The van der Waals surface area contributed by atoms with Crippen LogP contribution in [0.2, 0.25) is 0 Å². The highest BCUT2D eigenvalue weighted by Gasteiger charge is 2.41. The number of rotatable bonds is 25. The fraction of sp³-hybridized carbons (Fsp3) is 0.357. The minimum absolute atomic E-state index is 0. The predicted molar refractivity (Wildman–Crippen MR) is 431 cm³/mol. The Morgan fingerprint density at radius 3 is 1.33 bits per heavy atom. The van der Waals surface area contributed by atoms with Crippen LogP contribution in [0.15, 0.2) is 176 Å². The summed E-state index contributed by atoms with van der Waals surface area (Å²) in [5, 5.41) is 33.5. The van der Waals surface area contributed by atoms with E-state index in [9.17, 15) is 37.7 Å². The average molecular weight is 1570 g/mol. The van der Waals surface area contributed by atoms with Gasteiger partial charge in [-0.2, -0.15) is 15.3 Å². The second kappa shape index (κ2) is 36.5. The van der Waals surface area contributed by atoms with Crippen LogP contribution in [-0.4, -0.2) is 94.5 Å². The van der Waals surface area contributed by atoms with Crippen molar-refractivity contribution in [1.29, 1.82) is 0 Å². The van der Waals surface area contributed by atoms with E-state index >= 15 is 4.39 Å². The number of nitrogens with two attached hydrogens (primary N) is 2. The van der Waals surface area contributed by atoms with Gasteiger partial charge in [-0.3, -0.25) is 19.6 Å². The summed E-state index contributed by atoms with van der Waals surface area (Å²) in [4.78, 5) is 70.8. The molecular formula is C84H100ClF2N15O9S. The number of carbonyl (C=O) groups excluding carboxylic acids is 4. The molecule has 10 N–H and O–H groups in total. The van der Waals surface area contributed by atoms with Gasteiger partial charge in [0.1, 0.15) is 34.2 Å². The van der Waals surface area contributed by atoms with Crippen molar-refractivity contribution in [2.45, 2.75) is 181 Å². The van der Waals surface area contributed by atoms with Gasteiger partial charge in [-0.1, -0.05) is 74.2 Å². The summed E-state index contributed by atoms with van der Waals surface area (Å²) in [5.74, 6) is -1.96. The van der Waals surface area contributed by atoms with Crippen LogP contribution in [0.4, 0.5) is 29.7 Å². The van der Waals surface area contributed by atoms with Crippen molar-refractivity contribution in [3.05, 3.63) is 261 Å². The maximum absolute atomic E-state index is 15.6. The number of hydrogen-bond donors (Lipinski definition) is 8. The number of amides is 4. The highest BCUT2D eigenvalue weighted by molar-refractivity contribution is 7.84. The maximum atomic E-state index is 15.6. The molecule has 0 spiro atoms. The SMILES string of the molecule is Cc1cc(C(=O)Nc2cc(C(CCC3CC3)(N[S@](=O)C(C)(C)C)c3ccncc3)ccc2F)n(-c2cccc(CNC(=O)OC(C)(C)C)c2)n1.Cc1cc(C(=O)Nc2cc(C(N)(CCC3CC3)c3ccncc3)ccc2F)n(-c2cccc(CN)c2)n1.Cc1cc(C(=O)O)n(-c2cccc(CNC(=O)OC(C)(C)C)c2)n1.Cl. The number of aryl methyl sites for hydroxylation is 3. The van der Waals surface area contributed by atoms with E-state index in [-0.39, 0.29) is 48.3 Å². The van der Waals surface area contributed by atoms with Crippen LogP contribution in [0, 0.1) is 44.2 Å². The summed E-state index contributed by atoms with van der Waals surface area (Å²) in [6, 6.07) is 43.6. The zero-order valence-corrected chi connectivity index (χ0v) is 66.8. The van der Waals surface area contributed by atoms with Crippen molar-refractivity contribution in [2.24, 2.45) is 23.3 Å². The largest absolute Gasteiger partial charge is 0.477 e. The number of nitrogens with one attached hydrogen (secondary N) is 5. The number of aromatic carboxylic acids is 1. The molecular weight excluding hydrogens is 1470 g/mol. The molecule has 12 rings (SSSR count). The molecule has 2 fully saturated rings. The van der Waals surface area contributed by atoms with Crippen molar-refractivity contribution in [3.63, 3.8) is 0 Å². The first-order chi connectivity index (χ1) is 52.6. The second-order valence-corrected chi connectivity index (χ2v) is 33.0. The minimum atomic E-state index is -1.48. The van der Waals surface area contributed by atoms with Gasteiger partial charge in [0.15, 0.2) is 5.69 Å². The average Bonchev–Trinajstić information content (AvgIpc) is 0.936. The number of nitrogens with zero attached hydrogens (tertiary/aromatic N) is 8. The van der Waals surface area contributed by atoms with Crippen molar-refractivity contribution < 1.29 is 51.5 Å². The first-order valence-corrected chi connectivity index (χ1v) is 38.1. The third-order valence-corrected chi connectivity index (χ3v) is 20.1. The molecule has 5 aromatic carbocycles. The van der Waals surface area contributed by atoms with Crippen LogP contribution in [0.3, 0.4) is 0 Å². The minimum Gasteiger partial charge on any atom is -0.477 e. The number of carboxylic acid groups (broad SMARTS) is 1. The Morgan fingerprint density at radius 1 is 0.518 bits per heavy atom. The molecule has 5 heterocycles. The third-order valence-electron chi connectivity index (χ3n) is 18.4. The molecule has 2 aliphatic rings. The molecule has 0 aliphatic heterocycles. The van der Waals surface area contributed by atoms with Crippen molar-refractivity contribution in [3.8, 4) is 17.1 Å². The smallest absolute Gasteiger partial charge is 0.407 e. The van der Waals surface area contributed by atoms with Crippen LogP contribution < -0.4 is 37.5 Å². The Labute approximate surface area is 660 Å². The van der Waals surface area contributed by atoms with E-state index in [1.54, 1.807) is 159 Å². The number of pyridine rings is 2. The summed E-state index contributed by atoms with van der Waals surface area (Å²) < 4.78 is 62.1. The first kappa shape index (κ1) is 85.2. The van der Waals surface area contributed by atoms with Crippen LogP contribution in [0.1, 0.15) is 201 Å². The highest BCUT2D eigenvalue weighted by atomic mass is 35.5. The Morgan fingerprint density at radius 2 is 0.911 bits per heavy atom. The molecule has 24 nitrogen and oxygen atoms in total. The fourth-order valence-electron chi connectivity index (χ4n) is 12.5. The molecule has 0 radical (unpaired) electrons. The molecule has 2 aliphatic carbocycles. The van der Waals surface area contributed by atoms with E-state index < -0.39 is 79.6 Å². The monoisotopic (exact) mass is 1570 g/mol. The topological polar surface area (TPSA) is 333 Å². The quantitative estimate of drug-likeness (QED) is 0.0264. The number of carboxylic acids is 1. The number of anilines is 2. The van der Waals surface area contributed by atoms with Gasteiger partial charge in [-0.15, -0.1) is 12.4 Å². The lowest BCUT2D eigenvalue weighted by molar-refractivity contribution is 0.0512. The number of ether oxygens (including phenoxy) is 2. The van der Waals surface area contributed by atoms with E-state index in [1.165, 1.54) is 40.4 Å². The fourth-order valence-corrected chi connectivity index (χ4v) is 13.4. The summed E-state index contributed by atoms with van der Waals surface area (Å²) >= 11 is 0.